The van der Waals surface area contributed by atoms with Gasteiger partial charge in [0, 0.05) is 12.1 Å². The number of para-hydroxylation sites is 1. The van der Waals surface area contributed by atoms with Crippen LogP contribution in [0.15, 0.2) is 54.6 Å². The van der Waals surface area contributed by atoms with Crippen molar-refractivity contribution in [3.05, 3.63) is 65.7 Å². The second-order valence-electron chi connectivity index (χ2n) is 6.85. The largest absolute Gasteiger partial charge is 0.490 e. The van der Waals surface area contributed by atoms with Crippen LogP contribution < -0.4 is 15.4 Å². The Balaban J connectivity index is 1.43. The second-order valence-corrected chi connectivity index (χ2v) is 6.85. The Labute approximate surface area is 160 Å². The first-order valence-corrected chi connectivity index (χ1v) is 9.52. The highest BCUT2D eigenvalue weighted by atomic mass is 16.5. The van der Waals surface area contributed by atoms with Crippen molar-refractivity contribution in [2.24, 2.45) is 0 Å². The van der Waals surface area contributed by atoms with Crippen LogP contribution in [0.1, 0.15) is 36.8 Å². The van der Waals surface area contributed by atoms with E-state index in [0.717, 1.165) is 29.7 Å². The maximum atomic E-state index is 12.1. The molecule has 5 heteroatoms. The summed E-state index contributed by atoms with van der Waals surface area (Å²) in [6.07, 6.45) is 5.16. The lowest BCUT2D eigenvalue weighted by Crippen LogP contribution is -2.37. The molecular weight excluding hydrogens is 340 g/mol. The van der Waals surface area contributed by atoms with Gasteiger partial charge in [-0.05, 0) is 37.3 Å². The number of hydrogen-bond acceptors (Lipinski definition) is 3. The van der Waals surface area contributed by atoms with E-state index in [0.29, 0.717) is 6.54 Å². The van der Waals surface area contributed by atoms with Gasteiger partial charge in [0.05, 0.1) is 19.1 Å². The molecule has 1 saturated carbocycles. The molecule has 142 valence electrons. The molecule has 0 saturated heterocycles. The van der Waals surface area contributed by atoms with E-state index in [4.69, 9.17) is 4.74 Å². The molecular formula is C22H26N2O3. The molecule has 0 unspecified atom stereocenters. The van der Waals surface area contributed by atoms with E-state index in [9.17, 15) is 9.59 Å². The summed E-state index contributed by atoms with van der Waals surface area (Å²) in [7, 11) is 0. The zero-order chi connectivity index (χ0) is 18.9. The molecule has 0 radical (unpaired) electrons. The quantitative estimate of drug-likeness (QED) is 0.755. The van der Waals surface area contributed by atoms with Gasteiger partial charge in [-0.1, -0.05) is 48.5 Å². The summed E-state index contributed by atoms with van der Waals surface area (Å²) in [5.74, 6) is 0.450. The van der Waals surface area contributed by atoms with Crippen LogP contribution >= 0.6 is 0 Å². The van der Waals surface area contributed by atoms with Crippen molar-refractivity contribution in [1.82, 2.24) is 10.6 Å². The molecule has 27 heavy (non-hydrogen) atoms. The highest BCUT2D eigenvalue weighted by Gasteiger charge is 2.18. The Kier molecular flexibility index (Phi) is 6.85. The summed E-state index contributed by atoms with van der Waals surface area (Å²) in [6, 6.07) is 17.2. The SMILES string of the molecule is O=C(CNC(=O)Cc1ccccc1)NCc1ccccc1OC1CCCC1. The minimum atomic E-state index is -0.216. The minimum absolute atomic E-state index is 0.0304. The van der Waals surface area contributed by atoms with E-state index < -0.39 is 0 Å². The predicted molar refractivity (Wildman–Crippen MR) is 104 cm³/mol. The van der Waals surface area contributed by atoms with E-state index in [-0.39, 0.29) is 30.9 Å². The molecule has 0 aliphatic heterocycles. The van der Waals surface area contributed by atoms with Crippen molar-refractivity contribution in [2.75, 3.05) is 6.54 Å². The first kappa shape index (κ1) is 19.0. The van der Waals surface area contributed by atoms with Crippen LogP contribution in [0.4, 0.5) is 0 Å². The number of amides is 2. The molecule has 3 rings (SSSR count). The first-order valence-electron chi connectivity index (χ1n) is 9.52. The third-order valence-electron chi connectivity index (χ3n) is 4.70. The molecule has 0 bridgehead atoms. The van der Waals surface area contributed by atoms with Gasteiger partial charge in [0.2, 0.25) is 11.8 Å². The van der Waals surface area contributed by atoms with Gasteiger partial charge in [0.15, 0.2) is 0 Å². The highest BCUT2D eigenvalue weighted by Crippen LogP contribution is 2.26. The summed E-state index contributed by atoms with van der Waals surface area (Å²) in [5.41, 5.74) is 1.88. The highest BCUT2D eigenvalue weighted by molar-refractivity contribution is 5.85. The summed E-state index contributed by atoms with van der Waals surface area (Å²) >= 11 is 0. The molecule has 5 nitrogen and oxygen atoms in total. The Morgan fingerprint density at radius 3 is 2.37 bits per heavy atom. The number of hydrogen-bond donors (Lipinski definition) is 2. The predicted octanol–water partition coefficient (Wildman–Crippen LogP) is 2.98. The summed E-state index contributed by atoms with van der Waals surface area (Å²) in [4.78, 5) is 24.0. The molecule has 0 spiro atoms. The van der Waals surface area contributed by atoms with Crippen LogP contribution in [-0.4, -0.2) is 24.5 Å². The Hall–Kier alpha value is -2.82. The van der Waals surface area contributed by atoms with Crippen molar-refractivity contribution in [2.45, 2.75) is 44.8 Å². The van der Waals surface area contributed by atoms with E-state index in [1.165, 1.54) is 12.8 Å². The van der Waals surface area contributed by atoms with Gasteiger partial charge in [0.25, 0.3) is 0 Å². The van der Waals surface area contributed by atoms with Crippen molar-refractivity contribution < 1.29 is 14.3 Å². The van der Waals surface area contributed by atoms with Crippen LogP contribution in [0.3, 0.4) is 0 Å². The lowest BCUT2D eigenvalue weighted by atomic mass is 10.1. The Morgan fingerprint density at radius 2 is 1.59 bits per heavy atom. The third kappa shape index (κ3) is 6.13. The van der Waals surface area contributed by atoms with Gasteiger partial charge in [-0.15, -0.1) is 0 Å². The zero-order valence-electron chi connectivity index (χ0n) is 15.4. The van der Waals surface area contributed by atoms with Crippen LogP contribution in [0.25, 0.3) is 0 Å². The van der Waals surface area contributed by atoms with Gasteiger partial charge >= 0.3 is 0 Å². The van der Waals surface area contributed by atoms with Gasteiger partial charge in [-0.25, -0.2) is 0 Å². The standard InChI is InChI=1S/C22H26N2O3/c25-21(14-17-8-2-1-3-9-17)24-16-22(26)23-15-18-10-4-7-13-20(18)27-19-11-5-6-12-19/h1-4,7-10,13,19H,5-6,11-12,14-16H2,(H,23,26)(H,24,25). The van der Waals surface area contributed by atoms with Crippen molar-refractivity contribution >= 4 is 11.8 Å². The average molecular weight is 366 g/mol. The summed E-state index contributed by atoms with van der Waals surface area (Å²) in [6.45, 7) is 0.355. The van der Waals surface area contributed by atoms with Gasteiger partial charge in [-0.3, -0.25) is 9.59 Å². The fourth-order valence-electron chi connectivity index (χ4n) is 3.23. The number of carbonyl (C=O) groups is 2. The maximum absolute atomic E-state index is 12.1. The average Bonchev–Trinajstić information content (AvgIpc) is 3.19. The molecule has 1 aliphatic rings. The fraction of sp³-hybridized carbons (Fsp3) is 0.364. The molecule has 0 aromatic heterocycles. The number of ether oxygens (including phenoxy) is 1. The van der Waals surface area contributed by atoms with E-state index in [1.807, 2.05) is 54.6 Å². The van der Waals surface area contributed by atoms with Crippen LogP contribution in [0.5, 0.6) is 5.75 Å². The number of benzene rings is 2. The topological polar surface area (TPSA) is 67.4 Å². The normalized spacial score (nSPS) is 13.9. The molecule has 2 N–H and O–H groups in total. The number of rotatable bonds is 8. The molecule has 0 atom stereocenters. The van der Waals surface area contributed by atoms with Crippen molar-refractivity contribution in [1.29, 1.82) is 0 Å². The third-order valence-corrected chi connectivity index (χ3v) is 4.70. The van der Waals surface area contributed by atoms with E-state index in [2.05, 4.69) is 10.6 Å². The van der Waals surface area contributed by atoms with Gasteiger partial charge in [0.1, 0.15) is 5.75 Å². The zero-order valence-corrected chi connectivity index (χ0v) is 15.4. The van der Waals surface area contributed by atoms with Crippen LogP contribution in [-0.2, 0) is 22.6 Å². The molecule has 2 aromatic rings. The lowest BCUT2D eigenvalue weighted by Gasteiger charge is -2.17. The lowest BCUT2D eigenvalue weighted by molar-refractivity contribution is -0.125. The summed E-state index contributed by atoms with van der Waals surface area (Å²) in [5, 5.41) is 5.51. The first-order chi connectivity index (χ1) is 13.2. The van der Waals surface area contributed by atoms with E-state index >= 15 is 0 Å². The molecule has 1 aliphatic carbocycles. The number of carbonyl (C=O) groups excluding carboxylic acids is 2. The fourth-order valence-corrected chi connectivity index (χ4v) is 3.23. The van der Waals surface area contributed by atoms with Crippen LogP contribution in [0.2, 0.25) is 0 Å². The van der Waals surface area contributed by atoms with Crippen LogP contribution in [0, 0.1) is 0 Å². The maximum Gasteiger partial charge on any atom is 0.239 e. The smallest absolute Gasteiger partial charge is 0.239 e. The van der Waals surface area contributed by atoms with E-state index in [1.54, 1.807) is 0 Å². The van der Waals surface area contributed by atoms with Gasteiger partial charge in [-0.2, -0.15) is 0 Å². The monoisotopic (exact) mass is 366 g/mol. The molecule has 1 fully saturated rings. The second kappa shape index (κ2) is 9.76. The Bertz CT molecular complexity index is 755. The van der Waals surface area contributed by atoms with Crippen molar-refractivity contribution in [3.63, 3.8) is 0 Å². The van der Waals surface area contributed by atoms with Gasteiger partial charge < -0.3 is 15.4 Å². The minimum Gasteiger partial charge on any atom is -0.490 e. The molecule has 2 amide bonds. The van der Waals surface area contributed by atoms with Crippen molar-refractivity contribution in [3.8, 4) is 5.75 Å². The molecule has 0 heterocycles. The number of nitrogens with one attached hydrogen (secondary N) is 2. The molecule has 2 aromatic carbocycles. The summed E-state index contributed by atoms with van der Waals surface area (Å²) < 4.78 is 6.08. The Morgan fingerprint density at radius 1 is 0.889 bits per heavy atom.